The molecule has 0 saturated heterocycles. The van der Waals surface area contributed by atoms with E-state index in [4.69, 9.17) is 13.9 Å². The average Bonchev–Trinajstić information content (AvgIpc) is 2.47. The number of carbonyl (C=O) groups is 1. The van der Waals surface area contributed by atoms with Crippen molar-refractivity contribution in [2.45, 2.75) is 33.3 Å². The highest BCUT2D eigenvalue weighted by molar-refractivity contribution is 5.90. The number of hydrogen-bond donors (Lipinski definition) is 0. The molecule has 5 nitrogen and oxygen atoms in total. The minimum absolute atomic E-state index is 0.0739. The van der Waals surface area contributed by atoms with E-state index in [0.717, 1.165) is 6.42 Å². The lowest BCUT2D eigenvalue weighted by Gasteiger charge is -2.16. The number of fused-ring (bicyclic) bond motifs is 1. The molecule has 1 atom stereocenters. The van der Waals surface area contributed by atoms with E-state index < -0.39 is 11.6 Å². The van der Waals surface area contributed by atoms with E-state index in [1.54, 1.807) is 25.1 Å². The molecular formula is C17H18O5. The zero-order valence-electron chi connectivity index (χ0n) is 12.8. The summed E-state index contributed by atoms with van der Waals surface area (Å²) in [5.41, 5.74) is 0.212. The SMILES string of the molecule is C=C(C)C(=O)Oc1cc2ccc(=O)oc2cc1OC(C)CC. The van der Waals surface area contributed by atoms with Crippen LogP contribution >= 0.6 is 0 Å². The van der Waals surface area contributed by atoms with E-state index in [-0.39, 0.29) is 17.4 Å². The van der Waals surface area contributed by atoms with Crippen LogP contribution in [0.1, 0.15) is 27.2 Å². The topological polar surface area (TPSA) is 65.7 Å². The van der Waals surface area contributed by atoms with Crippen molar-refractivity contribution in [2.24, 2.45) is 0 Å². The van der Waals surface area contributed by atoms with Gasteiger partial charge in [0.2, 0.25) is 0 Å². The van der Waals surface area contributed by atoms with E-state index in [0.29, 0.717) is 16.7 Å². The van der Waals surface area contributed by atoms with Crippen molar-refractivity contribution in [1.82, 2.24) is 0 Å². The molecule has 1 heterocycles. The molecule has 5 heteroatoms. The zero-order chi connectivity index (χ0) is 16.3. The highest BCUT2D eigenvalue weighted by Gasteiger charge is 2.15. The maximum absolute atomic E-state index is 11.8. The molecule has 0 amide bonds. The first kappa shape index (κ1) is 15.8. The summed E-state index contributed by atoms with van der Waals surface area (Å²) in [5, 5.41) is 0.639. The van der Waals surface area contributed by atoms with Gasteiger partial charge in [-0.2, -0.15) is 0 Å². The Morgan fingerprint density at radius 2 is 2.05 bits per heavy atom. The Hall–Kier alpha value is -2.56. The molecule has 0 N–H and O–H groups in total. The van der Waals surface area contributed by atoms with Gasteiger partial charge in [-0.05, 0) is 32.4 Å². The molecule has 2 rings (SSSR count). The molecule has 2 aromatic rings. The predicted molar refractivity (Wildman–Crippen MR) is 83.3 cm³/mol. The Kier molecular flexibility index (Phi) is 4.65. The number of carbonyl (C=O) groups excluding carboxylic acids is 1. The molecule has 1 unspecified atom stereocenters. The third kappa shape index (κ3) is 3.55. The van der Waals surface area contributed by atoms with Gasteiger partial charge in [-0.15, -0.1) is 0 Å². The summed E-state index contributed by atoms with van der Waals surface area (Å²) >= 11 is 0. The van der Waals surface area contributed by atoms with Gasteiger partial charge in [-0.25, -0.2) is 9.59 Å². The highest BCUT2D eigenvalue weighted by Crippen LogP contribution is 2.33. The number of benzene rings is 1. The summed E-state index contributed by atoms with van der Waals surface area (Å²) in [4.78, 5) is 23.1. The van der Waals surface area contributed by atoms with Crippen molar-refractivity contribution in [3.63, 3.8) is 0 Å². The molecule has 1 aromatic heterocycles. The highest BCUT2D eigenvalue weighted by atomic mass is 16.6. The number of hydrogen-bond acceptors (Lipinski definition) is 5. The largest absolute Gasteiger partial charge is 0.487 e. The molecule has 1 aromatic carbocycles. The third-order valence-corrected chi connectivity index (χ3v) is 3.14. The molecule has 0 bridgehead atoms. The van der Waals surface area contributed by atoms with Gasteiger partial charge >= 0.3 is 11.6 Å². The molecule has 0 aliphatic carbocycles. The van der Waals surface area contributed by atoms with Crippen LogP contribution in [0.4, 0.5) is 0 Å². The van der Waals surface area contributed by atoms with Gasteiger partial charge in [0.1, 0.15) is 5.58 Å². The maximum Gasteiger partial charge on any atom is 0.338 e. The summed E-state index contributed by atoms with van der Waals surface area (Å²) in [6.07, 6.45) is 0.708. The van der Waals surface area contributed by atoms with Gasteiger partial charge in [0.25, 0.3) is 0 Å². The standard InChI is InChI=1S/C17H18O5/c1-5-11(4)20-15-9-13-12(6-7-16(18)21-13)8-14(15)22-17(19)10(2)3/h6-9,11H,2,5H2,1,3-4H3. The Morgan fingerprint density at radius 1 is 1.32 bits per heavy atom. The normalized spacial score (nSPS) is 12.0. The molecule has 116 valence electrons. The van der Waals surface area contributed by atoms with Crippen LogP contribution in [0, 0.1) is 0 Å². The van der Waals surface area contributed by atoms with Crippen molar-refractivity contribution in [3.8, 4) is 11.5 Å². The predicted octanol–water partition coefficient (Wildman–Crippen LogP) is 3.45. The molecule has 22 heavy (non-hydrogen) atoms. The van der Waals surface area contributed by atoms with Crippen LogP contribution in [-0.2, 0) is 4.79 Å². The van der Waals surface area contributed by atoms with Crippen LogP contribution in [0.5, 0.6) is 11.5 Å². The lowest BCUT2D eigenvalue weighted by Crippen LogP contribution is -2.13. The monoisotopic (exact) mass is 302 g/mol. The second-order valence-corrected chi connectivity index (χ2v) is 5.10. The Morgan fingerprint density at radius 3 is 2.68 bits per heavy atom. The van der Waals surface area contributed by atoms with Crippen molar-refractivity contribution < 1.29 is 18.7 Å². The van der Waals surface area contributed by atoms with Crippen molar-refractivity contribution in [1.29, 1.82) is 0 Å². The Balaban J connectivity index is 2.51. The molecule has 0 aliphatic rings. The van der Waals surface area contributed by atoms with Crippen LogP contribution < -0.4 is 15.1 Å². The quantitative estimate of drug-likeness (QED) is 0.366. The van der Waals surface area contributed by atoms with E-state index in [1.807, 2.05) is 13.8 Å². The second kappa shape index (κ2) is 6.47. The molecule has 0 saturated carbocycles. The minimum atomic E-state index is -0.536. The Bertz CT molecular complexity index is 772. The molecule has 0 aliphatic heterocycles. The van der Waals surface area contributed by atoms with E-state index in [9.17, 15) is 9.59 Å². The van der Waals surface area contributed by atoms with Crippen LogP contribution in [0.2, 0.25) is 0 Å². The molecule has 0 fully saturated rings. The van der Waals surface area contributed by atoms with Gasteiger partial charge in [0.15, 0.2) is 11.5 Å². The lowest BCUT2D eigenvalue weighted by molar-refractivity contribution is -0.130. The van der Waals surface area contributed by atoms with Crippen molar-refractivity contribution in [3.05, 3.63) is 46.8 Å². The number of rotatable bonds is 5. The van der Waals surface area contributed by atoms with Crippen LogP contribution in [0.3, 0.4) is 0 Å². The minimum Gasteiger partial charge on any atom is -0.487 e. The second-order valence-electron chi connectivity index (χ2n) is 5.10. The first-order chi connectivity index (χ1) is 10.4. The third-order valence-electron chi connectivity index (χ3n) is 3.14. The first-order valence-electron chi connectivity index (χ1n) is 7.03. The van der Waals surface area contributed by atoms with Gasteiger partial charge in [0.05, 0.1) is 6.10 Å². The Labute approximate surface area is 128 Å². The summed E-state index contributed by atoms with van der Waals surface area (Å²) in [7, 11) is 0. The van der Waals surface area contributed by atoms with E-state index in [2.05, 4.69) is 6.58 Å². The molecule has 0 radical (unpaired) electrons. The average molecular weight is 302 g/mol. The van der Waals surface area contributed by atoms with Crippen molar-refractivity contribution >= 4 is 16.9 Å². The molecule has 0 spiro atoms. The van der Waals surface area contributed by atoms with Crippen LogP contribution in [0.25, 0.3) is 11.0 Å². The van der Waals surface area contributed by atoms with Crippen LogP contribution in [-0.4, -0.2) is 12.1 Å². The van der Waals surface area contributed by atoms with Crippen LogP contribution in [0.15, 0.2) is 45.6 Å². The number of ether oxygens (including phenoxy) is 2. The number of esters is 1. The van der Waals surface area contributed by atoms with Crippen molar-refractivity contribution in [2.75, 3.05) is 0 Å². The van der Waals surface area contributed by atoms with Gasteiger partial charge in [-0.1, -0.05) is 13.5 Å². The first-order valence-corrected chi connectivity index (χ1v) is 7.03. The summed E-state index contributed by atoms with van der Waals surface area (Å²) in [6, 6.07) is 6.08. The smallest absolute Gasteiger partial charge is 0.338 e. The maximum atomic E-state index is 11.8. The van der Waals surface area contributed by atoms with E-state index in [1.165, 1.54) is 6.07 Å². The lowest BCUT2D eigenvalue weighted by atomic mass is 10.2. The summed E-state index contributed by atoms with van der Waals surface area (Å²) < 4.78 is 16.2. The van der Waals surface area contributed by atoms with Gasteiger partial charge in [-0.3, -0.25) is 0 Å². The summed E-state index contributed by atoms with van der Waals surface area (Å²) in [6.45, 7) is 9.00. The van der Waals surface area contributed by atoms with E-state index >= 15 is 0 Å². The molecular weight excluding hydrogens is 284 g/mol. The van der Waals surface area contributed by atoms with Gasteiger partial charge in [0, 0.05) is 23.1 Å². The fourth-order valence-electron chi connectivity index (χ4n) is 1.73. The zero-order valence-corrected chi connectivity index (χ0v) is 12.8. The summed E-state index contributed by atoms with van der Waals surface area (Å²) in [5.74, 6) is 0.0891. The van der Waals surface area contributed by atoms with Gasteiger partial charge < -0.3 is 13.9 Å². The fourth-order valence-corrected chi connectivity index (χ4v) is 1.73. The fraction of sp³-hybridized carbons (Fsp3) is 0.294.